The lowest BCUT2D eigenvalue weighted by molar-refractivity contribution is -0.136. The highest BCUT2D eigenvalue weighted by Crippen LogP contribution is 2.23. The Kier molecular flexibility index (Phi) is 2.65. The minimum absolute atomic E-state index is 0.0274. The number of rotatable bonds is 2. The van der Waals surface area contributed by atoms with Gasteiger partial charge in [0.1, 0.15) is 5.82 Å². The number of hydrogen-bond acceptors (Lipinski definition) is 2. The molecule has 0 aromatic carbocycles. The molecule has 2 rings (SSSR count). The van der Waals surface area contributed by atoms with Gasteiger partial charge in [0.25, 0.3) is 0 Å². The molecule has 90 valence electrons. The predicted molar refractivity (Wildman–Crippen MR) is 65.2 cm³/mol. The van der Waals surface area contributed by atoms with E-state index in [9.17, 15) is 4.79 Å². The Morgan fingerprint density at radius 3 is 2.76 bits per heavy atom. The molecule has 0 aliphatic heterocycles. The van der Waals surface area contributed by atoms with Gasteiger partial charge in [-0.2, -0.15) is 0 Å². The molecule has 0 bridgehead atoms. The summed E-state index contributed by atoms with van der Waals surface area (Å²) in [5, 5.41) is 8.86. The average molecular weight is 232 g/mol. The van der Waals surface area contributed by atoms with Crippen LogP contribution in [0.4, 0.5) is 0 Å². The zero-order valence-electron chi connectivity index (χ0n) is 10.3. The quantitative estimate of drug-likeness (QED) is 0.864. The average Bonchev–Trinajstić information content (AvgIpc) is 2.60. The molecule has 0 atom stereocenters. The van der Waals surface area contributed by atoms with Gasteiger partial charge in [0.05, 0.1) is 18.1 Å². The fourth-order valence-corrected chi connectivity index (χ4v) is 1.95. The fraction of sp³-hybridized carbons (Fsp3) is 0.385. The van der Waals surface area contributed by atoms with Crippen molar-refractivity contribution in [2.75, 3.05) is 0 Å². The monoisotopic (exact) mass is 232 g/mol. The normalized spacial score (nSPS) is 11.9. The summed E-state index contributed by atoms with van der Waals surface area (Å²) in [6, 6.07) is 3.69. The molecule has 2 aromatic rings. The number of hydrogen-bond donors (Lipinski definition) is 1. The van der Waals surface area contributed by atoms with Crippen LogP contribution in [-0.2, 0) is 16.6 Å². The van der Waals surface area contributed by atoms with Crippen LogP contribution in [0.15, 0.2) is 24.5 Å². The fourth-order valence-electron chi connectivity index (χ4n) is 1.95. The Labute approximate surface area is 99.9 Å². The molecular weight excluding hydrogens is 216 g/mol. The van der Waals surface area contributed by atoms with Crippen molar-refractivity contribution in [3.05, 3.63) is 35.9 Å². The first-order valence-electron chi connectivity index (χ1n) is 5.57. The molecule has 4 nitrogen and oxygen atoms in total. The van der Waals surface area contributed by atoms with Crippen molar-refractivity contribution < 1.29 is 9.90 Å². The first-order chi connectivity index (χ1) is 7.89. The molecule has 17 heavy (non-hydrogen) atoms. The third-order valence-corrected chi connectivity index (χ3v) is 2.67. The maximum absolute atomic E-state index is 10.8. The van der Waals surface area contributed by atoms with Crippen molar-refractivity contribution in [3.8, 4) is 0 Å². The van der Waals surface area contributed by atoms with Gasteiger partial charge in [-0.3, -0.25) is 4.79 Å². The standard InChI is InChI=1S/C13H16N2O2/c1-13(2,3)12-14-8-10-9(7-11(16)17)5-4-6-15(10)12/h4-6,8H,7H2,1-3H3,(H,16,17). The summed E-state index contributed by atoms with van der Waals surface area (Å²) in [5.74, 6) is 0.122. The van der Waals surface area contributed by atoms with Crippen molar-refractivity contribution in [2.45, 2.75) is 32.6 Å². The lowest BCUT2D eigenvalue weighted by Crippen LogP contribution is -2.16. The van der Waals surface area contributed by atoms with Gasteiger partial charge in [-0.15, -0.1) is 0 Å². The van der Waals surface area contributed by atoms with E-state index in [0.29, 0.717) is 0 Å². The highest BCUT2D eigenvalue weighted by molar-refractivity contribution is 5.74. The van der Waals surface area contributed by atoms with E-state index in [4.69, 9.17) is 5.11 Å². The summed E-state index contributed by atoms with van der Waals surface area (Å²) < 4.78 is 1.97. The Morgan fingerprint density at radius 1 is 1.47 bits per heavy atom. The van der Waals surface area contributed by atoms with E-state index in [1.54, 1.807) is 6.20 Å². The molecule has 2 heterocycles. The van der Waals surface area contributed by atoms with Crippen LogP contribution in [-0.4, -0.2) is 20.5 Å². The summed E-state index contributed by atoms with van der Waals surface area (Å²) in [4.78, 5) is 15.2. The van der Waals surface area contributed by atoms with E-state index < -0.39 is 5.97 Å². The molecule has 0 fully saturated rings. The van der Waals surface area contributed by atoms with Crippen molar-refractivity contribution in [2.24, 2.45) is 0 Å². The van der Waals surface area contributed by atoms with Gasteiger partial charge in [0, 0.05) is 11.6 Å². The second-order valence-corrected chi connectivity index (χ2v) is 5.19. The number of aliphatic carboxylic acids is 1. The lowest BCUT2D eigenvalue weighted by Gasteiger charge is -2.17. The first-order valence-corrected chi connectivity index (χ1v) is 5.57. The van der Waals surface area contributed by atoms with Gasteiger partial charge in [0.2, 0.25) is 0 Å². The Bertz CT molecular complexity index is 564. The molecule has 0 aliphatic carbocycles. The van der Waals surface area contributed by atoms with Crippen LogP contribution < -0.4 is 0 Å². The number of carboxylic acid groups (broad SMARTS) is 1. The minimum Gasteiger partial charge on any atom is -0.481 e. The molecule has 0 amide bonds. The number of fused-ring (bicyclic) bond motifs is 1. The number of aromatic nitrogens is 2. The van der Waals surface area contributed by atoms with E-state index in [-0.39, 0.29) is 11.8 Å². The van der Waals surface area contributed by atoms with Gasteiger partial charge in [-0.25, -0.2) is 4.98 Å². The third-order valence-electron chi connectivity index (χ3n) is 2.67. The highest BCUT2D eigenvalue weighted by atomic mass is 16.4. The van der Waals surface area contributed by atoms with Gasteiger partial charge in [0.15, 0.2) is 0 Å². The molecule has 0 aliphatic rings. The Morgan fingerprint density at radius 2 is 2.18 bits per heavy atom. The van der Waals surface area contributed by atoms with Crippen LogP contribution in [0.25, 0.3) is 5.52 Å². The zero-order chi connectivity index (χ0) is 12.6. The highest BCUT2D eigenvalue weighted by Gasteiger charge is 2.20. The van der Waals surface area contributed by atoms with Crippen LogP contribution in [0, 0.1) is 0 Å². The molecule has 0 unspecified atom stereocenters. The molecule has 2 aromatic heterocycles. The number of nitrogens with zero attached hydrogens (tertiary/aromatic N) is 2. The van der Waals surface area contributed by atoms with E-state index in [1.165, 1.54) is 0 Å². The molecule has 1 N–H and O–H groups in total. The number of pyridine rings is 1. The number of imidazole rings is 1. The van der Waals surface area contributed by atoms with Crippen molar-refractivity contribution in [1.82, 2.24) is 9.38 Å². The van der Waals surface area contributed by atoms with Crippen molar-refractivity contribution in [1.29, 1.82) is 0 Å². The van der Waals surface area contributed by atoms with E-state index in [2.05, 4.69) is 25.8 Å². The summed E-state index contributed by atoms with van der Waals surface area (Å²) >= 11 is 0. The van der Waals surface area contributed by atoms with E-state index in [1.807, 2.05) is 22.7 Å². The van der Waals surface area contributed by atoms with Gasteiger partial charge >= 0.3 is 5.97 Å². The van der Waals surface area contributed by atoms with Gasteiger partial charge in [-0.1, -0.05) is 26.8 Å². The van der Waals surface area contributed by atoms with Gasteiger partial charge < -0.3 is 9.51 Å². The molecule has 0 radical (unpaired) electrons. The molecule has 0 saturated carbocycles. The predicted octanol–water partition coefficient (Wildman–Crippen LogP) is 2.26. The summed E-state index contributed by atoms with van der Waals surface area (Å²) in [5.41, 5.74) is 1.61. The van der Waals surface area contributed by atoms with E-state index >= 15 is 0 Å². The SMILES string of the molecule is CC(C)(C)c1ncc2c(CC(=O)O)cccn12. The minimum atomic E-state index is -0.823. The first kappa shape index (κ1) is 11.6. The largest absolute Gasteiger partial charge is 0.481 e. The number of carbonyl (C=O) groups is 1. The van der Waals surface area contributed by atoms with Crippen LogP contribution in [0.3, 0.4) is 0 Å². The Hall–Kier alpha value is -1.84. The Balaban J connectivity index is 2.61. The summed E-state index contributed by atoms with van der Waals surface area (Å²) in [6.45, 7) is 6.27. The van der Waals surface area contributed by atoms with Crippen molar-refractivity contribution >= 4 is 11.5 Å². The second kappa shape index (κ2) is 3.87. The second-order valence-electron chi connectivity index (χ2n) is 5.19. The summed E-state index contributed by atoms with van der Waals surface area (Å²) in [7, 11) is 0. The smallest absolute Gasteiger partial charge is 0.307 e. The number of carboxylic acids is 1. The van der Waals surface area contributed by atoms with Crippen LogP contribution >= 0.6 is 0 Å². The molecule has 0 saturated heterocycles. The van der Waals surface area contributed by atoms with Crippen LogP contribution in [0.2, 0.25) is 0 Å². The van der Waals surface area contributed by atoms with Crippen LogP contribution in [0.5, 0.6) is 0 Å². The van der Waals surface area contributed by atoms with E-state index in [0.717, 1.165) is 16.9 Å². The molecular formula is C13H16N2O2. The van der Waals surface area contributed by atoms with Crippen molar-refractivity contribution in [3.63, 3.8) is 0 Å². The topological polar surface area (TPSA) is 54.6 Å². The van der Waals surface area contributed by atoms with Gasteiger partial charge in [-0.05, 0) is 11.6 Å². The molecule has 0 spiro atoms. The third kappa shape index (κ3) is 2.16. The summed E-state index contributed by atoms with van der Waals surface area (Å²) in [6.07, 6.45) is 3.70. The lowest BCUT2D eigenvalue weighted by atomic mass is 9.96. The maximum Gasteiger partial charge on any atom is 0.307 e. The maximum atomic E-state index is 10.8. The van der Waals surface area contributed by atoms with Crippen LogP contribution in [0.1, 0.15) is 32.2 Å². The molecule has 4 heteroatoms. The zero-order valence-corrected chi connectivity index (χ0v) is 10.3.